The molecule has 3 aromatic rings. The van der Waals surface area contributed by atoms with Crippen LogP contribution in [0, 0.1) is 5.92 Å². The van der Waals surface area contributed by atoms with Crippen LogP contribution >= 0.6 is 39.0 Å². The van der Waals surface area contributed by atoms with Gasteiger partial charge in [-0.05, 0) is 29.8 Å². The molecular weight excluding hydrogens is 518 g/mol. The molecule has 0 amide bonds. The lowest BCUT2D eigenvalue weighted by Gasteiger charge is -2.34. The van der Waals surface area contributed by atoms with Gasteiger partial charge >= 0.3 is 10.8 Å². The topological polar surface area (TPSA) is 106 Å². The Morgan fingerprint density at radius 2 is 1.75 bits per heavy atom. The van der Waals surface area contributed by atoms with Crippen molar-refractivity contribution in [2.75, 3.05) is 14.2 Å². The number of nitrogens with one attached hydrogen (secondary N) is 1. The molecule has 1 aliphatic rings. The number of halogens is 1. The standard InChI is InChI=1S/C22H18BrNO6S2/c1-29-13-8-5-11(9-14(13)30-2)15-16(17(25)10-3-6-12(23)7-4-10)19(21(26)27)31-20-18(15)32-22(28)24-20/h3-9,15-16,19H,1-2H3,(H,24,28)(H,26,27)/t15-,16-,19+/m0/s1. The molecule has 2 aromatic carbocycles. The van der Waals surface area contributed by atoms with Crippen molar-refractivity contribution in [1.29, 1.82) is 0 Å². The summed E-state index contributed by atoms with van der Waals surface area (Å²) in [5.41, 5.74) is 1.07. The van der Waals surface area contributed by atoms with Crippen LogP contribution in [0.3, 0.4) is 0 Å². The largest absolute Gasteiger partial charge is 0.493 e. The molecule has 0 spiro atoms. The summed E-state index contributed by atoms with van der Waals surface area (Å²) in [6.45, 7) is 0. The molecule has 0 saturated carbocycles. The van der Waals surface area contributed by atoms with Crippen molar-refractivity contribution in [1.82, 2.24) is 4.98 Å². The number of carboxylic acids is 1. The number of H-pyrrole nitrogens is 1. The predicted octanol–water partition coefficient (Wildman–Crippen LogP) is 4.41. The van der Waals surface area contributed by atoms with Crippen LogP contribution < -0.4 is 14.3 Å². The Bertz CT molecular complexity index is 1240. The second kappa shape index (κ2) is 9.13. The zero-order valence-corrected chi connectivity index (χ0v) is 20.2. The summed E-state index contributed by atoms with van der Waals surface area (Å²) >= 11 is 5.35. The fourth-order valence-corrected chi connectivity index (χ4v) is 6.54. The number of aromatic amines is 1. The Labute approximate surface area is 199 Å². The van der Waals surface area contributed by atoms with E-state index in [0.29, 0.717) is 32.5 Å². The third-order valence-electron chi connectivity index (χ3n) is 5.30. The number of carboxylic acid groups (broad SMARTS) is 1. The highest BCUT2D eigenvalue weighted by Crippen LogP contribution is 2.51. The second-order valence-corrected chi connectivity index (χ2v) is 10.2. The van der Waals surface area contributed by atoms with Crippen LogP contribution in [-0.2, 0) is 4.79 Å². The van der Waals surface area contributed by atoms with Crippen LogP contribution in [0.25, 0.3) is 0 Å². The summed E-state index contributed by atoms with van der Waals surface area (Å²) in [4.78, 5) is 41.2. The number of ketones is 1. The molecule has 1 aromatic heterocycles. The molecule has 0 aliphatic carbocycles. The van der Waals surface area contributed by atoms with Gasteiger partial charge in [-0.25, -0.2) is 0 Å². The third kappa shape index (κ3) is 4.10. The van der Waals surface area contributed by atoms with E-state index in [9.17, 15) is 19.5 Å². The molecule has 0 unspecified atom stereocenters. The molecule has 10 heteroatoms. The number of ether oxygens (including phenoxy) is 2. The number of hydrogen-bond donors (Lipinski definition) is 2. The van der Waals surface area contributed by atoms with E-state index < -0.39 is 23.1 Å². The number of hydrogen-bond acceptors (Lipinski definition) is 7. The number of aliphatic carboxylic acids is 1. The minimum Gasteiger partial charge on any atom is -0.493 e. The summed E-state index contributed by atoms with van der Waals surface area (Å²) in [6.07, 6.45) is 0. The lowest BCUT2D eigenvalue weighted by molar-refractivity contribution is -0.137. The number of thioether (sulfide) groups is 1. The molecule has 0 fully saturated rings. The molecule has 0 saturated heterocycles. The monoisotopic (exact) mass is 535 g/mol. The van der Waals surface area contributed by atoms with Gasteiger partial charge in [0.15, 0.2) is 17.3 Å². The van der Waals surface area contributed by atoms with E-state index in [0.717, 1.165) is 27.6 Å². The average molecular weight is 536 g/mol. The van der Waals surface area contributed by atoms with Crippen molar-refractivity contribution in [3.63, 3.8) is 0 Å². The smallest absolute Gasteiger partial charge is 0.317 e. The normalized spacial score (nSPS) is 19.8. The van der Waals surface area contributed by atoms with Gasteiger partial charge in [-0.1, -0.05) is 57.2 Å². The average Bonchev–Trinajstić information content (AvgIpc) is 3.17. The molecule has 0 radical (unpaired) electrons. The maximum absolute atomic E-state index is 13.7. The maximum atomic E-state index is 13.7. The van der Waals surface area contributed by atoms with Gasteiger partial charge in [-0.15, -0.1) is 0 Å². The summed E-state index contributed by atoms with van der Waals surface area (Å²) in [7, 11) is 3.02. The van der Waals surface area contributed by atoms with E-state index in [1.165, 1.54) is 14.2 Å². The van der Waals surface area contributed by atoms with Crippen molar-refractivity contribution in [2.45, 2.75) is 16.2 Å². The maximum Gasteiger partial charge on any atom is 0.317 e. The predicted molar refractivity (Wildman–Crippen MR) is 126 cm³/mol. The van der Waals surface area contributed by atoms with Crippen LogP contribution in [-0.4, -0.2) is 41.3 Å². The van der Waals surface area contributed by atoms with Gasteiger partial charge in [0, 0.05) is 20.8 Å². The Balaban J connectivity index is 1.92. The molecule has 2 N–H and O–H groups in total. The Morgan fingerprint density at radius 1 is 1.06 bits per heavy atom. The molecule has 32 heavy (non-hydrogen) atoms. The molecule has 2 heterocycles. The van der Waals surface area contributed by atoms with Gasteiger partial charge in [0.05, 0.1) is 25.2 Å². The Morgan fingerprint density at radius 3 is 2.38 bits per heavy atom. The zero-order chi connectivity index (χ0) is 23.0. The van der Waals surface area contributed by atoms with E-state index in [-0.39, 0.29) is 10.7 Å². The minimum atomic E-state index is -1.12. The van der Waals surface area contributed by atoms with Gasteiger partial charge in [0.2, 0.25) is 0 Å². The van der Waals surface area contributed by atoms with Crippen molar-refractivity contribution < 1.29 is 24.2 Å². The summed E-state index contributed by atoms with van der Waals surface area (Å²) in [5.74, 6) is -2.04. The first kappa shape index (κ1) is 22.6. The Kier molecular flexibility index (Phi) is 6.45. The number of benzene rings is 2. The first-order valence-electron chi connectivity index (χ1n) is 9.48. The molecule has 166 valence electrons. The van der Waals surface area contributed by atoms with Crippen LogP contribution in [0.5, 0.6) is 11.5 Å². The highest BCUT2D eigenvalue weighted by molar-refractivity contribution is 9.10. The molecule has 0 bridgehead atoms. The molecule has 7 nitrogen and oxygen atoms in total. The van der Waals surface area contributed by atoms with Gasteiger partial charge in [0.25, 0.3) is 0 Å². The summed E-state index contributed by atoms with van der Waals surface area (Å²) in [5, 5.41) is 9.41. The molecular formula is C22H18BrNO6S2. The van der Waals surface area contributed by atoms with Crippen LogP contribution in [0.15, 0.2) is 56.8 Å². The van der Waals surface area contributed by atoms with Crippen molar-refractivity contribution in [3.05, 3.63) is 72.6 Å². The number of Topliss-reactive ketones (excluding diaryl/α,β-unsaturated/α-hetero) is 1. The molecule has 4 rings (SSSR count). The van der Waals surface area contributed by atoms with Gasteiger partial charge in [-0.3, -0.25) is 14.4 Å². The summed E-state index contributed by atoms with van der Waals surface area (Å²) < 4.78 is 11.6. The van der Waals surface area contributed by atoms with Crippen molar-refractivity contribution >= 4 is 50.8 Å². The van der Waals surface area contributed by atoms with E-state index >= 15 is 0 Å². The van der Waals surface area contributed by atoms with Crippen LogP contribution in [0.4, 0.5) is 0 Å². The number of carbonyl (C=O) groups is 2. The van der Waals surface area contributed by atoms with Gasteiger partial charge in [-0.2, -0.15) is 0 Å². The zero-order valence-electron chi connectivity index (χ0n) is 17.0. The summed E-state index contributed by atoms with van der Waals surface area (Å²) in [6, 6.07) is 12.0. The number of aromatic nitrogens is 1. The SMILES string of the molecule is COc1ccc([C@@H]2c3sc(=O)[nH]c3S[C@@H](C(=O)O)[C@@H]2C(=O)c2ccc(Br)cc2)cc1OC. The number of rotatable bonds is 6. The van der Waals surface area contributed by atoms with Crippen molar-refractivity contribution in [3.8, 4) is 11.5 Å². The lowest BCUT2D eigenvalue weighted by atomic mass is 9.78. The van der Waals surface area contributed by atoms with Gasteiger partial charge in [0.1, 0.15) is 5.25 Å². The van der Waals surface area contributed by atoms with E-state index in [2.05, 4.69) is 20.9 Å². The second-order valence-electron chi connectivity index (χ2n) is 7.07. The molecule has 1 aliphatic heterocycles. The minimum absolute atomic E-state index is 0.297. The number of thiazole rings is 1. The highest BCUT2D eigenvalue weighted by Gasteiger charge is 2.47. The quantitative estimate of drug-likeness (QED) is 0.450. The van der Waals surface area contributed by atoms with Crippen LogP contribution in [0.1, 0.15) is 26.7 Å². The van der Waals surface area contributed by atoms with E-state index in [1.807, 2.05) is 0 Å². The first-order chi connectivity index (χ1) is 15.3. The van der Waals surface area contributed by atoms with Crippen LogP contribution in [0.2, 0.25) is 0 Å². The third-order valence-corrected chi connectivity index (χ3v) is 8.23. The van der Waals surface area contributed by atoms with E-state index in [4.69, 9.17) is 9.47 Å². The lowest BCUT2D eigenvalue weighted by Crippen LogP contribution is -2.39. The number of carbonyl (C=O) groups excluding carboxylic acids is 1. The Hall–Kier alpha value is -2.56. The fraction of sp³-hybridized carbons (Fsp3) is 0.227. The van der Waals surface area contributed by atoms with E-state index in [1.54, 1.807) is 42.5 Å². The number of fused-ring (bicyclic) bond motifs is 1. The molecule has 3 atom stereocenters. The fourth-order valence-electron chi connectivity index (χ4n) is 3.86. The first-order valence-corrected chi connectivity index (χ1v) is 12.0. The highest BCUT2D eigenvalue weighted by atomic mass is 79.9. The number of methoxy groups -OCH3 is 2. The van der Waals surface area contributed by atoms with Gasteiger partial charge < -0.3 is 19.6 Å². The van der Waals surface area contributed by atoms with Crippen molar-refractivity contribution in [2.24, 2.45) is 5.92 Å².